The number of carbonyl (C=O) groups is 1. The number of carbonyl (C=O) groups excluding carboxylic acids is 1. The van der Waals surface area contributed by atoms with E-state index in [9.17, 15) is 4.79 Å². The first kappa shape index (κ1) is 24.8. The molecule has 1 amide bonds. The number of benzene rings is 3. The Morgan fingerprint density at radius 2 is 1.51 bits per heavy atom. The van der Waals surface area contributed by atoms with Gasteiger partial charge in [-0.05, 0) is 78.4 Å². The van der Waals surface area contributed by atoms with Gasteiger partial charge in [-0.2, -0.15) is 0 Å². The molecule has 0 bridgehead atoms. The number of aromatic nitrogens is 1. The molecule has 2 N–H and O–H groups in total. The second-order valence-corrected chi connectivity index (χ2v) is 9.70. The van der Waals surface area contributed by atoms with E-state index in [2.05, 4.69) is 96.9 Å². The van der Waals surface area contributed by atoms with Gasteiger partial charge in [0.2, 0.25) is 5.91 Å². The maximum atomic E-state index is 12.4. The lowest BCUT2D eigenvalue weighted by Gasteiger charge is -2.08. The van der Waals surface area contributed by atoms with Crippen LogP contribution in [-0.4, -0.2) is 17.4 Å². The van der Waals surface area contributed by atoms with E-state index in [1.165, 1.54) is 52.5 Å². The topological polar surface area (TPSA) is 44.9 Å². The van der Waals surface area contributed by atoms with Crippen molar-refractivity contribution in [2.75, 3.05) is 6.54 Å². The highest BCUT2D eigenvalue weighted by Gasteiger charge is 2.06. The van der Waals surface area contributed by atoms with Crippen LogP contribution >= 0.6 is 0 Å². The summed E-state index contributed by atoms with van der Waals surface area (Å²) in [5, 5.41) is 4.31. The summed E-state index contributed by atoms with van der Waals surface area (Å²) in [6.07, 6.45) is 8.10. The van der Waals surface area contributed by atoms with Crippen LogP contribution in [-0.2, 0) is 24.1 Å². The Morgan fingerprint density at radius 1 is 0.800 bits per heavy atom. The van der Waals surface area contributed by atoms with Crippen molar-refractivity contribution >= 4 is 16.8 Å². The third kappa shape index (κ3) is 7.32. The third-order valence-electron chi connectivity index (χ3n) is 6.67. The van der Waals surface area contributed by atoms with Crippen LogP contribution in [0.15, 0.2) is 72.8 Å². The summed E-state index contributed by atoms with van der Waals surface area (Å²) in [5.41, 5.74) is 8.83. The molecule has 0 aliphatic rings. The number of aromatic amines is 1. The molecular weight excluding hydrogens is 428 g/mol. The zero-order chi connectivity index (χ0) is 24.5. The van der Waals surface area contributed by atoms with Crippen LogP contribution in [0.1, 0.15) is 61.4 Å². The Bertz CT molecular complexity index is 1250. The normalized spacial score (nSPS) is 11.1. The van der Waals surface area contributed by atoms with Gasteiger partial charge in [0.15, 0.2) is 0 Å². The highest BCUT2D eigenvalue weighted by atomic mass is 16.1. The van der Waals surface area contributed by atoms with E-state index in [0.29, 0.717) is 13.0 Å². The van der Waals surface area contributed by atoms with Gasteiger partial charge in [0, 0.05) is 30.6 Å². The second-order valence-electron chi connectivity index (χ2n) is 9.70. The van der Waals surface area contributed by atoms with Crippen LogP contribution in [0.5, 0.6) is 0 Å². The van der Waals surface area contributed by atoms with Crippen LogP contribution in [0.3, 0.4) is 0 Å². The SMILES string of the molecule is CCCCCc1cccc(-c2cccc(CCCC(=O)NCCc3cc4cc(C)ccc4[nH]3)c2)c1. The lowest BCUT2D eigenvalue weighted by Crippen LogP contribution is -2.25. The smallest absolute Gasteiger partial charge is 0.220 e. The molecule has 0 aliphatic carbocycles. The average molecular weight is 467 g/mol. The predicted octanol–water partition coefficient (Wildman–Crippen LogP) is 7.56. The first-order valence-corrected chi connectivity index (χ1v) is 13.1. The van der Waals surface area contributed by atoms with Crippen molar-refractivity contribution in [1.82, 2.24) is 10.3 Å². The van der Waals surface area contributed by atoms with Crippen LogP contribution in [0.4, 0.5) is 0 Å². The molecular formula is C32H38N2O. The summed E-state index contributed by atoms with van der Waals surface area (Å²) in [4.78, 5) is 15.8. The number of aryl methyl sites for hydroxylation is 3. The largest absolute Gasteiger partial charge is 0.358 e. The summed E-state index contributed by atoms with van der Waals surface area (Å²) in [5.74, 6) is 0.132. The second kappa shape index (κ2) is 12.4. The lowest BCUT2D eigenvalue weighted by atomic mass is 9.97. The molecule has 35 heavy (non-hydrogen) atoms. The van der Waals surface area contributed by atoms with Crippen molar-refractivity contribution in [1.29, 1.82) is 0 Å². The summed E-state index contributed by atoms with van der Waals surface area (Å²) >= 11 is 0. The third-order valence-corrected chi connectivity index (χ3v) is 6.67. The van der Waals surface area contributed by atoms with E-state index in [4.69, 9.17) is 0 Å². The minimum atomic E-state index is 0.132. The number of rotatable bonds is 12. The fraction of sp³-hybridized carbons (Fsp3) is 0.344. The monoisotopic (exact) mass is 466 g/mol. The molecule has 3 nitrogen and oxygen atoms in total. The standard InChI is InChI=1S/C32H38N2O/c1-3-4-5-9-25-10-6-13-27(21-25)28-14-7-11-26(22-28)12-8-15-32(35)33-19-18-30-23-29-20-24(2)16-17-31(29)34-30/h6-7,10-11,13-14,16-17,20-23,34H,3-5,8-9,12,15,18-19H2,1-2H3,(H,33,35). The fourth-order valence-corrected chi connectivity index (χ4v) is 4.72. The Kier molecular flexibility index (Phi) is 8.78. The van der Waals surface area contributed by atoms with Crippen molar-refractivity contribution in [2.24, 2.45) is 0 Å². The maximum absolute atomic E-state index is 12.4. The summed E-state index contributed by atoms with van der Waals surface area (Å²) in [6.45, 7) is 5.02. The molecule has 182 valence electrons. The highest BCUT2D eigenvalue weighted by Crippen LogP contribution is 2.23. The average Bonchev–Trinajstić information content (AvgIpc) is 3.26. The van der Waals surface area contributed by atoms with Crippen LogP contribution in [0.2, 0.25) is 0 Å². The van der Waals surface area contributed by atoms with Crippen LogP contribution < -0.4 is 5.32 Å². The Labute approximate surface area is 210 Å². The Hall–Kier alpha value is -3.33. The molecule has 1 heterocycles. The molecule has 0 radical (unpaired) electrons. The predicted molar refractivity (Wildman–Crippen MR) is 148 cm³/mol. The van der Waals surface area contributed by atoms with E-state index >= 15 is 0 Å². The first-order valence-electron chi connectivity index (χ1n) is 13.1. The van der Waals surface area contributed by atoms with E-state index in [-0.39, 0.29) is 5.91 Å². The van der Waals surface area contributed by atoms with Gasteiger partial charge < -0.3 is 10.3 Å². The molecule has 3 aromatic carbocycles. The summed E-state index contributed by atoms with van der Waals surface area (Å²) in [7, 11) is 0. The molecule has 0 aliphatic heterocycles. The van der Waals surface area contributed by atoms with Crippen molar-refractivity contribution in [3.63, 3.8) is 0 Å². The van der Waals surface area contributed by atoms with Crippen LogP contribution in [0.25, 0.3) is 22.0 Å². The minimum Gasteiger partial charge on any atom is -0.358 e. The van der Waals surface area contributed by atoms with Gasteiger partial charge in [-0.25, -0.2) is 0 Å². The molecule has 4 aromatic rings. The van der Waals surface area contributed by atoms with E-state index in [0.717, 1.165) is 36.9 Å². The molecule has 0 fully saturated rings. The quantitative estimate of drug-likeness (QED) is 0.208. The Balaban J connectivity index is 1.22. The number of hydrogen-bond acceptors (Lipinski definition) is 1. The van der Waals surface area contributed by atoms with Gasteiger partial charge in [0.05, 0.1) is 0 Å². The van der Waals surface area contributed by atoms with E-state index < -0.39 is 0 Å². The van der Waals surface area contributed by atoms with Crippen LogP contribution in [0, 0.1) is 6.92 Å². The molecule has 0 spiro atoms. The molecule has 0 saturated heterocycles. The van der Waals surface area contributed by atoms with Crippen molar-refractivity contribution in [2.45, 2.75) is 65.2 Å². The van der Waals surface area contributed by atoms with Gasteiger partial charge >= 0.3 is 0 Å². The van der Waals surface area contributed by atoms with Crippen molar-refractivity contribution < 1.29 is 4.79 Å². The zero-order valence-electron chi connectivity index (χ0n) is 21.2. The number of nitrogens with one attached hydrogen (secondary N) is 2. The number of amides is 1. The van der Waals surface area contributed by atoms with Crippen molar-refractivity contribution in [3.05, 3.63) is 95.2 Å². The molecule has 1 aromatic heterocycles. The number of H-pyrrole nitrogens is 1. The summed E-state index contributed by atoms with van der Waals surface area (Å²) in [6, 6.07) is 26.3. The minimum absolute atomic E-state index is 0.132. The number of hydrogen-bond donors (Lipinski definition) is 2. The number of fused-ring (bicyclic) bond motifs is 1. The van der Waals surface area contributed by atoms with Gasteiger partial charge in [-0.15, -0.1) is 0 Å². The van der Waals surface area contributed by atoms with Gasteiger partial charge in [0.25, 0.3) is 0 Å². The lowest BCUT2D eigenvalue weighted by molar-refractivity contribution is -0.121. The Morgan fingerprint density at radius 3 is 2.23 bits per heavy atom. The first-order chi connectivity index (χ1) is 17.1. The van der Waals surface area contributed by atoms with Crippen molar-refractivity contribution in [3.8, 4) is 11.1 Å². The molecule has 0 atom stereocenters. The van der Waals surface area contributed by atoms with E-state index in [1.54, 1.807) is 0 Å². The maximum Gasteiger partial charge on any atom is 0.220 e. The molecule has 0 unspecified atom stereocenters. The molecule has 0 saturated carbocycles. The van der Waals surface area contributed by atoms with Gasteiger partial charge in [-0.3, -0.25) is 4.79 Å². The summed E-state index contributed by atoms with van der Waals surface area (Å²) < 4.78 is 0. The zero-order valence-corrected chi connectivity index (χ0v) is 21.2. The molecule has 4 rings (SSSR count). The van der Waals surface area contributed by atoms with E-state index in [1.807, 2.05) is 0 Å². The fourth-order valence-electron chi connectivity index (χ4n) is 4.72. The highest BCUT2D eigenvalue weighted by molar-refractivity contribution is 5.81. The number of unbranched alkanes of at least 4 members (excludes halogenated alkanes) is 2. The van der Waals surface area contributed by atoms with Gasteiger partial charge in [0.1, 0.15) is 0 Å². The van der Waals surface area contributed by atoms with Gasteiger partial charge in [-0.1, -0.05) is 79.9 Å². The molecule has 3 heteroatoms.